The summed E-state index contributed by atoms with van der Waals surface area (Å²) in [6.45, 7) is 12.2. The second-order valence-electron chi connectivity index (χ2n) is 12.9. The van der Waals surface area contributed by atoms with Crippen molar-refractivity contribution in [1.29, 1.82) is 0 Å². The molecule has 1 saturated heterocycles. The lowest BCUT2D eigenvalue weighted by atomic mass is 10.1. The van der Waals surface area contributed by atoms with E-state index in [2.05, 4.69) is 15.1 Å². The highest BCUT2D eigenvalue weighted by Gasteiger charge is 2.52. The highest BCUT2D eigenvalue weighted by molar-refractivity contribution is 7.52. The second-order valence-corrected chi connectivity index (χ2v) is 14.6. The minimum atomic E-state index is -4.43. The van der Waals surface area contributed by atoms with E-state index in [9.17, 15) is 23.7 Å². The van der Waals surface area contributed by atoms with E-state index in [0.29, 0.717) is 0 Å². The molecule has 51 heavy (non-hydrogen) atoms. The summed E-state index contributed by atoms with van der Waals surface area (Å²) < 4.78 is 50.8. The van der Waals surface area contributed by atoms with Crippen molar-refractivity contribution >= 4 is 48.4 Å². The number of anilines is 1. The van der Waals surface area contributed by atoms with Gasteiger partial charge in [-0.1, -0.05) is 45.9 Å². The van der Waals surface area contributed by atoms with Crippen molar-refractivity contribution in [2.45, 2.75) is 92.1 Å². The fourth-order valence-corrected chi connectivity index (χ4v) is 6.55. The lowest BCUT2D eigenvalue weighted by molar-refractivity contribution is -0.172. The number of nitrogens with zero attached hydrogens (tertiary/aromatic N) is 3. The van der Waals surface area contributed by atoms with E-state index in [1.54, 1.807) is 66.7 Å². The van der Waals surface area contributed by atoms with Crippen LogP contribution in [0.4, 0.5) is 5.82 Å². The normalized spacial score (nSPS) is 20.7. The lowest BCUT2D eigenvalue weighted by Crippen LogP contribution is -2.42. The number of nitrogens with two attached hydrogens (primary N) is 2. The van der Waals surface area contributed by atoms with E-state index >= 15 is 0 Å². The molecule has 5 N–H and O–H groups in total. The fourth-order valence-electron chi connectivity index (χ4n) is 5.05. The number of primary amides is 1. The Morgan fingerprint density at radius 3 is 2.12 bits per heavy atom. The number of benzene rings is 1. The number of rotatable bonds is 15. The summed E-state index contributed by atoms with van der Waals surface area (Å²) in [6, 6.07) is 6.94. The van der Waals surface area contributed by atoms with Crippen molar-refractivity contribution in [2.75, 3.05) is 12.3 Å². The van der Waals surface area contributed by atoms with Crippen molar-refractivity contribution < 1.29 is 51.7 Å². The molecule has 0 saturated carbocycles. The van der Waals surface area contributed by atoms with E-state index < -0.39 is 86.7 Å². The molecule has 3 heterocycles. The van der Waals surface area contributed by atoms with Gasteiger partial charge in [-0.15, -0.1) is 0 Å². The van der Waals surface area contributed by atoms with Crippen LogP contribution in [0, 0.1) is 18.8 Å². The Morgan fingerprint density at radius 1 is 0.941 bits per heavy atom. The summed E-state index contributed by atoms with van der Waals surface area (Å²) in [5.74, 6) is -3.73. The number of ether oxygens (including phenoxy) is 4. The molecule has 1 aliphatic rings. The number of esters is 3. The van der Waals surface area contributed by atoms with Crippen molar-refractivity contribution in [3.05, 3.63) is 47.9 Å². The molecule has 0 spiro atoms. The summed E-state index contributed by atoms with van der Waals surface area (Å²) in [7, 11) is -4.43. The van der Waals surface area contributed by atoms with Gasteiger partial charge in [0.2, 0.25) is 0 Å². The third-order valence-corrected chi connectivity index (χ3v) is 9.16. The van der Waals surface area contributed by atoms with Gasteiger partial charge in [-0.2, -0.15) is 5.09 Å². The molecule has 0 bridgehead atoms. The second kappa shape index (κ2) is 16.2. The van der Waals surface area contributed by atoms with Crippen LogP contribution in [0.3, 0.4) is 0 Å². The van der Waals surface area contributed by atoms with Gasteiger partial charge in [0, 0.05) is 6.20 Å². The Morgan fingerprint density at radius 2 is 1.55 bits per heavy atom. The number of nitrogen functional groups attached to an aromatic ring is 1. The minimum absolute atomic E-state index is 0.0309. The topological polar surface area (TPSA) is 236 Å². The Balaban J connectivity index is 1.79. The van der Waals surface area contributed by atoms with Gasteiger partial charge >= 0.3 is 25.7 Å². The Hall–Kier alpha value is -4.57. The zero-order chi connectivity index (χ0) is 37.8. The number of para-hydroxylation sites is 1. The number of hydrogen-bond acceptors (Lipinski definition) is 14. The van der Waals surface area contributed by atoms with Crippen molar-refractivity contribution in [1.82, 2.24) is 19.6 Å². The van der Waals surface area contributed by atoms with Crippen LogP contribution < -0.4 is 21.1 Å². The van der Waals surface area contributed by atoms with Crippen LogP contribution in [0.15, 0.2) is 36.5 Å². The Labute approximate surface area is 295 Å². The summed E-state index contributed by atoms with van der Waals surface area (Å²) in [5, 5.41) is 2.73. The quantitative estimate of drug-likeness (QED) is 0.115. The molecule has 2 aromatic heterocycles. The highest BCUT2D eigenvalue weighted by atomic mass is 31.2. The third kappa shape index (κ3) is 9.41. The number of carbonyl (C=O) groups excluding carboxylic acids is 4. The maximum atomic E-state index is 14.3. The molecule has 1 fully saturated rings. The fraction of sp³-hybridized carbons (Fsp3) is 0.515. The van der Waals surface area contributed by atoms with Gasteiger partial charge in [-0.3, -0.25) is 23.7 Å². The predicted molar refractivity (Wildman–Crippen MR) is 183 cm³/mol. The van der Waals surface area contributed by atoms with Gasteiger partial charge in [0.1, 0.15) is 35.2 Å². The monoisotopic (exact) mass is 732 g/mol. The minimum Gasteiger partial charge on any atom is -0.462 e. The van der Waals surface area contributed by atoms with Gasteiger partial charge in [-0.05, 0) is 39.8 Å². The van der Waals surface area contributed by atoms with Gasteiger partial charge in [0.25, 0.3) is 5.91 Å². The van der Waals surface area contributed by atoms with E-state index in [1.165, 1.54) is 29.8 Å². The average molecular weight is 733 g/mol. The van der Waals surface area contributed by atoms with Gasteiger partial charge < -0.3 is 39.5 Å². The van der Waals surface area contributed by atoms with Crippen LogP contribution in [-0.4, -0.2) is 75.4 Å². The molecule has 1 unspecified atom stereocenters. The molecule has 278 valence electrons. The molecule has 1 amide bonds. The summed E-state index contributed by atoms with van der Waals surface area (Å²) in [5.41, 5.74) is 12.0. The molecule has 0 aliphatic carbocycles. The number of fused-ring (bicyclic) bond motifs is 1. The van der Waals surface area contributed by atoms with Crippen LogP contribution in [0.5, 0.6) is 5.75 Å². The Kier molecular flexibility index (Phi) is 12.4. The van der Waals surface area contributed by atoms with Crippen molar-refractivity contribution in [2.24, 2.45) is 17.6 Å². The van der Waals surface area contributed by atoms with E-state index in [-0.39, 0.29) is 34.0 Å². The molecule has 4 rings (SSSR count). The van der Waals surface area contributed by atoms with Crippen LogP contribution in [0.25, 0.3) is 11.0 Å². The number of carbonyl (C=O) groups is 4. The number of aryl methyl sites for hydroxylation is 1. The average Bonchev–Trinajstić information content (AvgIpc) is 3.58. The molecule has 1 aromatic carbocycles. The van der Waals surface area contributed by atoms with Crippen molar-refractivity contribution in [3.8, 4) is 5.75 Å². The molecule has 6 atom stereocenters. The third-order valence-electron chi connectivity index (χ3n) is 7.52. The first-order valence-corrected chi connectivity index (χ1v) is 17.9. The number of aromatic nitrogens is 3. The first-order chi connectivity index (χ1) is 23.9. The molecule has 3 aromatic rings. The first kappa shape index (κ1) is 39.2. The van der Waals surface area contributed by atoms with Gasteiger partial charge in [-0.25, -0.2) is 14.5 Å². The maximum absolute atomic E-state index is 14.3. The van der Waals surface area contributed by atoms with E-state index in [4.69, 9.17) is 39.5 Å². The molecule has 17 nitrogen and oxygen atoms in total. The van der Waals surface area contributed by atoms with Crippen LogP contribution in [0.1, 0.15) is 70.9 Å². The molecule has 18 heteroatoms. The number of hydrogen-bond donors (Lipinski definition) is 3. The van der Waals surface area contributed by atoms with Crippen LogP contribution in [-0.2, 0) is 42.4 Å². The standard InChI is InChI=1S/C33H45N6O11P/c1-16(2)31(41)48-25-23(15-45-51(44,50-21-12-10-9-11-13-21)38-19(7)33(43)46-18(5)6)47-30(26(25)49-32(42)17(3)4)39-14-22(28(35)40)24-27(34)36-20(8)37-29(24)39/h9-14,16-19,23,25-26,30H,15H2,1-8H3,(H2,35,40)(H,38,44)(H2,34,36,37)/t19-,23+,25+,26+,30+,51?/m0/s1. The predicted octanol–water partition coefficient (Wildman–Crippen LogP) is 3.59. The van der Waals surface area contributed by atoms with Gasteiger partial charge in [0.15, 0.2) is 18.4 Å². The van der Waals surface area contributed by atoms with E-state index in [1.807, 2.05) is 0 Å². The zero-order valence-electron chi connectivity index (χ0n) is 29.7. The maximum Gasteiger partial charge on any atom is 0.459 e. The zero-order valence-corrected chi connectivity index (χ0v) is 30.6. The lowest BCUT2D eigenvalue weighted by Gasteiger charge is -2.27. The van der Waals surface area contributed by atoms with Crippen LogP contribution in [0.2, 0.25) is 0 Å². The van der Waals surface area contributed by atoms with Gasteiger partial charge in [0.05, 0.1) is 35.5 Å². The first-order valence-electron chi connectivity index (χ1n) is 16.4. The van der Waals surface area contributed by atoms with Crippen LogP contribution >= 0.6 is 7.75 Å². The van der Waals surface area contributed by atoms with Crippen molar-refractivity contribution in [3.63, 3.8) is 0 Å². The smallest absolute Gasteiger partial charge is 0.459 e. The van der Waals surface area contributed by atoms with E-state index in [0.717, 1.165) is 0 Å². The summed E-state index contributed by atoms with van der Waals surface area (Å²) in [6.07, 6.45) is -4.41. The molecular formula is C33H45N6O11P. The Bertz CT molecular complexity index is 1800. The largest absolute Gasteiger partial charge is 0.462 e. The molecule has 0 radical (unpaired) electrons. The highest BCUT2D eigenvalue weighted by Crippen LogP contribution is 2.47. The molecular weight excluding hydrogens is 687 g/mol. The number of amides is 1. The number of nitrogens with one attached hydrogen (secondary N) is 1. The molecule has 1 aliphatic heterocycles. The summed E-state index contributed by atoms with van der Waals surface area (Å²) in [4.78, 5) is 60.0. The summed E-state index contributed by atoms with van der Waals surface area (Å²) >= 11 is 0. The SMILES string of the molecule is Cc1nc(N)c2c(C(N)=O)cn([C@@H]3O[C@H](COP(=O)(N[C@@H](C)C(=O)OC(C)C)Oc4ccccc4)[C@@H](OC(=O)C(C)C)[C@H]3OC(=O)C(C)C)c2n1.